The zero-order chi connectivity index (χ0) is 7.28. The Morgan fingerprint density at radius 2 is 2.11 bits per heavy atom. The summed E-state index contributed by atoms with van der Waals surface area (Å²) in [7, 11) is 0. The average molecular weight is 197 g/mol. The molecule has 9 heavy (non-hydrogen) atoms. The highest BCUT2D eigenvalue weighted by Crippen LogP contribution is 1.94. The Morgan fingerprint density at radius 1 is 1.56 bits per heavy atom. The van der Waals surface area contributed by atoms with E-state index in [1.54, 1.807) is 0 Å². The van der Waals surface area contributed by atoms with E-state index in [2.05, 4.69) is 15.9 Å². The van der Waals surface area contributed by atoms with Crippen molar-refractivity contribution < 1.29 is 9.84 Å². The number of aliphatic hydroxyl groups excluding tert-OH is 1. The highest BCUT2D eigenvalue weighted by Gasteiger charge is 2.01. The highest BCUT2D eigenvalue weighted by atomic mass is 79.9. The summed E-state index contributed by atoms with van der Waals surface area (Å²) in [6, 6.07) is 0. The maximum atomic E-state index is 8.93. The third-order valence-electron chi connectivity index (χ3n) is 0.800. The molecule has 0 radical (unpaired) electrons. The van der Waals surface area contributed by atoms with Crippen LogP contribution in [0, 0.1) is 0 Å². The molecule has 0 aliphatic heterocycles. The quantitative estimate of drug-likeness (QED) is 0.685. The summed E-state index contributed by atoms with van der Waals surface area (Å²) in [6.07, 6.45) is -0.161. The number of hydrogen-bond acceptors (Lipinski definition) is 2. The lowest BCUT2D eigenvalue weighted by molar-refractivity contribution is 0.0157. The molecule has 0 heterocycles. The van der Waals surface area contributed by atoms with E-state index in [1.165, 1.54) is 0 Å². The first-order chi connectivity index (χ1) is 4.16. The van der Waals surface area contributed by atoms with E-state index in [1.807, 2.05) is 13.8 Å². The van der Waals surface area contributed by atoms with Gasteiger partial charge in [0.15, 0.2) is 0 Å². The van der Waals surface area contributed by atoms with E-state index in [0.717, 1.165) is 0 Å². The van der Waals surface area contributed by atoms with Gasteiger partial charge in [0.1, 0.15) is 0 Å². The molecular formula is C6H13BrO2. The summed E-state index contributed by atoms with van der Waals surface area (Å²) in [5, 5.41) is 9.52. The van der Waals surface area contributed by atoms with E-state index in [-0.39, 0.29) is 12.2 Å². The van der Waals surface area contributed by atoms with Gasteiger partial charge < -0.3 is 9.84 Å². The van der Waals surface area contributed by atoms with Gasteiger partial charge in [0.2, 0.25) is 0 Å². The second-order valence-corrected chi connectivity index (χ2v) is 2.84. The van der Waals surface area contributed by atoms with Crippen LogP contribution in [0.25, 0.3) is 0 Å². The molecule has 2 nitrogen and oxygen atoms in total. The van der Waals surface area contributed by atoms with E-state index < -0.39 is 0 Å². The summed E-state index contributed by atoms with van der Waals surface area (Å²) in [4.78, 5) is 0. The number of ether oxygens (including phenoxy) is 1. The van der Waals surface area contributed by atoms with Crippen LogP contribution >= 0.6 is 15.9 Å². The summed E-state index contributed by atoms with van der Waals surface area (Å²) in [5.41, 5.74) is 0. The Kier molecular flexibility index (Phi) is 5.44. The Hall–Kier alpha value is 0.400. The van der Waals surface area contributed by atoms with Crippen molar-refractivity contribution in [3.05, 3.63) is 0 Å². The van der Waals surface area contributed by atoms with Crippen LogP contribution < -0.4 is 0 Å². The minimum absolute atomic E-state index is 0.207. The Labute approximate surface area is 64.3 Å². The molecule has 3 heteroatoms. The molecule has 0 fully saturated rings. The van der Waals surface area contributed by atoms with Gasteiger partial charge in [-0.25, -0.2) is 0 Å². The standard InChI is InChI=1S/C6H13BrO2/c1-5(2)9-4-6(8)3-7/h5-6,8H,3-4H2,1-2H3/t6-/m0/s1. The normalized spacial score (nSPS) is 14.3. The molecule has 0 aliphatic rings. The summed E-state index contributed by atoms with van der Waals surface area (Å²) in [5.74, 6) is 0. The number of hydrogen-bond donors (Lipinski definition) is 1. The molecule has 0 unspecified atom stereocenters. The van der Waals surface area contributed by atoms with Crippen LogP contribution in [0.5, 0.6) is 0 Å². The van der Waals surface area contributed by atoms with E-state index in [9.17, 15) is 0 Å². The molecule has 1 N–H and O–H groups in total. The van der Waals surface area contributed by atoms with Crippen LogP contribution in [-0.2, 0) is 4.74 Å². The van der Waals surface area contributed by atoms with Crippen LogP contribution in [0.2, 0.25) is 0 Å². The first kappa shape index (κ1) is 9.40. The van der Waals surface area contributed by atoms with Crippen molar-refractivity contribution >= 4 is 15.9 Å². The van der Waals surface area contributed by atoms with Gasteiger partial charge in [-0.3, -0.25) is 0 Å². The molecule has 1 atom stereocenters. The number of halogens is 1. The van der Waals surface area contributed by atoms with Gasteiger partial charge in [-0.05, 0) is 13.8 Å². The molecule has 0 saturated carbocycles. The van der Waals surface area contributed by atoms with Crippen molar-refractivity contribution in [2.24, 2.45) is 0 Å². The predicted octanol–water partition coefficient (Wildman–Crippen LogP) is 1.17. The molecule has 0 rings (SSSR count). The molecule has 0 aliphatic carbocycles. The molecule has 0 spiro atoms. The van der Waals surface area contributed by atoms with Crippen molar-refractivity contribution in [2.75, 3.05) is 11.9 Å². The summed E-state index contributed by atoms with van der Waals surface area (Å²) >= 11 is 3.13. The van der Waals surface area contributed by atoms with Gasteiger partial charge >= 0.3 is 0 Å². The van der Waals surface area contributed by atoms with Crippen LogP contribution in [0.15, 0.2) is 0 Å². The third kappa shape index (κ3) is 6.28. The second-order valence-electron chi connectivity index (χ2n) is 2.19. The lowest BCUT2D eigenvalue weighted by atomic mass is 10.4. The monoisotopic (exact) mass is 196 g/mol. The van der Waals surface area contributed by atoms with Crippen molar-refractivity contribution in [3.8, 4) is 0 Å². The van der Waals surface area contributed by atoms with Crippen LogP contribution in [-0.4, -0.2) is 29.3 Å². The topological polar surface area (TPSA) is 29.5 Å². The van der Waals surface area contributed by atoms with Crippen LogP contribution in [0.1, 0.15) is 13.8 Å². The molecule has 0 aromatic rings. The van der Waals surface area contributed by atoms with E-state index in [4.69, 9.17) is 9.84 Å². The zero-order valence-corrected chi connectivity index (χ0v) is 7.39. The highest BCUT2D eigenvalue weighted by molar-refractivity contribution is 9.09. The first-order valence-corrected chi connectivity index (χ1v) is 4.14. The van der Waals surface area contributed by atoms with Crippen LogP contribution in [0.3, 0.4) is 0 Å². The van der Waals surface area contributed by atoms with Crippen molar-refractivity contribution in [1.82, 2.24) is 0 Å². The fourth-order valence-corrected chi connectivity index (χ4v) is 0.535. The zero-order valence-electron chi connectivity index (χ0n) is 5.80. The molecule has 0 aromatic carbocycles. The maximum Gasteiger partial charge on any atom is 0.0870 e. The molecule has 0 saturated heterocycles. The summed E-state index contributed by atoms with van der Waals surface area (Å²) in [6.45, 7) is 4.31. The fourth-order valence-electron chi connectivity index (χ4n) is 0.348. The molecule has 0 bridgehead atoms. The van der Waals surface area contributed by atoms with E-state index >= 15 is 0 Å². The SMILES string of the molecule is CC(C)OC[C@@H](O)CBr. The lowest BCUT2D eigenvalue weighted by Crippen LogP contribution is -2.19. The fraction of sp³-hybridized carbons (Fsp3) is 1.00. The number of aliphatic hydroxyl groups is 1. The Bertz CT molecular complexity index is 66.1. The van der Waals surface area contributed by atoms with Gasteiger partial charge in [-0.2, -0.15) is 0 Å². The predicted molar refractivity (Wildman–Crippen MR) is 40.9 cm³/mol. The largest absolute Gasteiger partial charge is 0.390 e. The molecule has 0 aromatic heterocycles. The smallest absolute Gasteiger partial charge is 0.0870 e. The van der Waals surface area contributed by atoms with E-state index in [0.29, 0.717) is 11.9 Å². The molecule has 0 amide bonds. The molecular weight excluding hydrogens is 184 g/mol. The Morgan fingerprint density at radius 3 is 2.44 bits per heavy atom. The molecule has 56 valence electrons. The minimum atomic E-state index is -0.368. The number of alkyl halides is 1. The van der Waals surface area contributed by atoms with Crippen molar-refractivity contribution in [1.29, 1.82) is 0 Å². The average Bonchev–Trinajstić information content (AvgIpc) is 1.83. The van der Waals surface area contributed by atoms with Crippen molar-refractivity contribution in [2.45, 2.75) is 26.1 Å². The minimum Gasteiger partial charge on any atom is -0.390 e. The summed E-state index contributed by atoms with van der Waals surface area (Å²) < 4.78 is 5.11. The maximum absolute atomic E-state index is 8.93. The van der Waals surface area contributed by atoms with Crippen LogP contribution in [0.4, 0.5) is 0 Å². The first-order valence-electron chi connectivity index (χ1n) is 3.02. The second kappa shape index (κ2) is 5.21. The number of rotatable bonds is 4. The van der Waals surface area contributed by atoms with Gasteiger partial charge in [-0.15, -0.1) is 0 Å². The lowest BCUT2D eigenvalue weighted by Gasteiger charge is -2.09. The van der Waals surface area contributed by atoms with Gasteiger partial charge in [0.25, 0.3) is 0 Å². The van der Waals surface area contributed by atoms with Gasteiger partial charge in [0, 0.05) is 5.33 Å². The van der Waals surface area contributed by atoms with Gasteiger partial charge in [-0.1, -0.05) is 15.9 Å². The third-order valence-corrected chi connectivity index (χ3v) is 1.55. The van der Waals surface area contributed by atoms with Gasteiger partial charge in [0.05, 0.1) is 18.8 Å². The van der Waals surface area contributed by atoms with Crippen molar-refractivity contribution in [3.63, 3.8) is 0 Å². The Balaban J connectivity index is 3.06.